The Bertz CT molecular complexity index is 2180. The zero-order chi connectivity index (χ0) is 25.8. The number of fused-ring (bicyclic) bond motifs is 6. The summed E-state index contributed by atoms with van der Waals surface area (Å²) in [4.78, 5) is 15.1. The van der Waals surface area contributed by atoms with E-state index in [0.29, 0.717) is 17.5 Å². The summed E-state index contributed by atoms with van der Waals surface area (Å²) < 4.78 is 2.98. The SMILES string of the molecule is c1ccc(-c2nc(-c3ccc4[te]c5ccccc5c4c3)nc(-c3cccc4c3ccc3ccccc34)n2)cc1. The maximum absolute atomic E-state index is 5.10. The van der Waals surface area contributed by atoms with E-state index in [0.717, 1.165) is 22.1 Å². The van der Waals surface area contributed by atoms with Gasteiger partial charge in [-0.2, -0.15) is 0 Å². The van der Waals surface area contributed by atoms with E-state index in [1.807, 2.05) is 18.2 Å². The van der Waals surface area contributed by atoms with E-state index in [-0.39, 0.29) is 20.4 Å². The fourth-order valence-corrected chi connectivity index (χ4v) is 8.54. The van der Waals surface area contributed by atoms with Gasteiger partial charge in [-0.15, -0.1) is 0 Å². The summed E-state index contributed by atoms with van der Waals surface area (Å²) in [6, 6.07) is 45.0. The number of benzene rings is 6. The molecule has 2 heterocycles. The molecule has 6 aromatic carbocycles. The van der Waals surface area contributed by atoms with Gasteiger partial charge >= 0.3 is 218 Å². The topological polar surface area (TPSA) is 38.7 Å². The second-order valence-corrected chi connectivity index (χ2v) is 12.8. The van der Waals surface area contributed by atoms with Gasteiger partial charge in [-0.1, -0.05) is 18.2 Å². The first-order valence-electron chi connectivity index (χ1n) is 13.0. The van der Waals surface area contributed by atoms with Gasteiger partial charge in [-0.3, -0.25) is 0 Å². The number of hydrogen-bond donors (Lipinski definition) is 0. The summed E-state index contributed by atoms with van der Waals surface area (Å²) in [6.07, 6.45) is 0. The average molecular weight is 611 g/mol. The first kappa shape index (κ1) is 22.6. The van der Waals surface area contributed by atoms with Crippen LogP contribution in [-0.2, 0) is 0 Å². The molecule has 0 amide bonds. The molecule has 0 N–H and O–H groups in total. The molecule has 0 saturated carbocycles. The Labute approximate surface area is 235 Å². The molecule has 8 aromatic rings. The summed E-state index contributed by atoms with van der Waals surface area (Å²) in [7, 11) is 0. The van der Waals surface area contributed by atoms with Gasteiger partial charge in [0, 0.05) is 0 Å². The van der Waals surface area contributed by atoms with E-state index in [9.17, 15) is 0 Å². The predicted molar refractivity (Wildman–Crippen MR) is 163 cm³/mol. The Morgan fingerprint density at radius 2 is 1.08 bits per heavy atom. The van der Waals surface area contributed by atoms with Gasteiger partial charge in [-0.05, 0) is 0 Å². The quantitative estimate of drug-likeness (QED) is 0.149. The molecule has 3 nitrogen and oxygen atoms in total. The van der Waals surface area contributed by atoms with E-state index < -0.39 is 0 Å². The van der Waals surface area contributed by atoms with Crippen LogP contribution in [0.15, 0.2) is 127 Å². The molecule has 0 radical (unpaired) electrons. The van der Waals surface area contributed by atoms with E-state index in [2.05, 4.69) is 109 Å². The van der Waals surface area contributed by atoms with Crippen LogP contribution in [-0.4, -0.2) is 35.4 Å². The van der Waals surface area contributed by atoms with Crippen molar-refractivity contribution in [1.29, 1.82) is 0 Å². The Kier molecular flexibility index (Phi) is 5.29. The molecule has 0 unspecified atom stereocenters. The van der Waals surface area contributed by atoms with Gasteiger partial charge in [0.1, 0.15) is 0 Å². The van der Waals surface area contributed by atoms with Crippen LogP contribution < -0.4 is 0 Å². The third kappa shape index (κ3) is 3.84. The van der Waals surface area contributed by atoms with Crippen molar-refractivity contribution in [3.8, 4) is 34.2 Å². The summed E-state index contributed by atoms with van der Waals surface area (Å²) in [5.41, 5.74) is 3.01. The summed E-state index contributed by atoms with van der Waals surface area (Å²) >= 11 is -0.359. The Balaban J connectivity index is 1.39. The van der Waals surface area contributed by atoms with Crippen LogP contribution in [0.1, 0.15) is 0 Å². The molecule has 0 aliphatic carbocycles. The number of hydrogen-bond acceptors (Lipinski definition) is 3. The minimum absolute atomic E-state index is 0.359. The summed E-state index contributed by atoms with van der Waals surface area (Å²) in [5.74, 6) is 2.07. The van der Waals surface area contributed by atoms with E-state index in [4.69, 9.17) is 15.0 Å². The van der Waals surface area contributed by atoms with Crippen LogP contribution in [0.2, 0.25) is 0 Å². The number of nitrogens with zero attached hydrogens (tertiary/aromatic N) is 3. The molecular formula is C35H21N3Te. The molecule has 0 fully saturated rings. The molecule has 0 saturated heterocycles. The van der Waals surface area contributed by atoms with Gasteiger partial charge < -0.3 is 0 Å². The molecule has 0 aliphatic heterocycles. The molecule has 8 rings (SSSR count). The van der Waals surface area contributed by atoms with Crippen molar-refractivity contribution in [3.63, 3.8) is 0 Å². The second kappa shape index (κ2) is 9.13. The van der Waals surface area contributed by atoms with Crippen LogP contribution in [0.4, 0.5) is 0 Å². The summed E-state index contributed by atoms with van der Waals surface area (Å²) in [5, 5.41) is 7.48. The Hall–Kier alpha value is -4.36. The average Bonchev–Trinajstić information content (AvgIpc) is 3.39. The van der Waals surface area contributed by atoms with Crippen LogP contribution in [0, 0.1) is 0 Å². The van der Waals surface area contributed by atoms with Gasteiger partial charge in [-0.25, -0.2) is 0 Å². The molecule has 0 aliphatic rings. The third-order valence-electron chi connectivity index (χ3n) is 7.33. The molecule has 0 bridgehead atoms. The van der Waals surface area contributed by atoms with Crippen molar-refractivity contribution in [1.82, 2.24) is 15.0 Å². The van der Waals surface area contributed by atoms with E-state index >= 15 is 0 Å². The Morgan fingerprint density at radius 3 is 1.97 bits per heavy atom. The normalized spacial score (nSPS) is 11.6. The fourth-order valence-electron chi connectivity index (χ4n) is 5.44. The Morgan fingerprint density at radius 1 is 0.385 bits per heavy atom. The fraction of sp³-hybridized carbons (Fsp3) is 0. The van der Waals surface area contributed by atoms with Crippen LogP contribution >= 0.6 is 0 Å². The van der Waals surface area contributed by atoms with Crippen molar-refractivity contribution in [2.24, 2.45) is 0 Å². The van der Waals surface area contributed by atoms with Crippen molar-refractivity contribution >= 4 is 59.6 Å². The van der Waals surface area contributed by atoms with Crippen molar-refractivity contribution in [2.45, 2.75) is 0 Å². The molecule has 0 atom stereocenters. The van der Waals surface area contributed by atoms with Crippen LogP contribution in [0.25, 0.3) is 73.3 Å². The molecule has 182 valence electrons. The van der Waals surface area contributed by atoms with Gasteiger partial charge in [0.05, 0.1) is 0 Å². The van der Waals surface area contributed by atoms with Crippen molar-refractivity contribution in [2.75, 3.05) is 0 Å². The standard InChI is InChI=1S/C35H21N3Te/c1-2-10-23(11-3-1)33-36-34(24-18-20-32-30(21-24)28-13-6-7-16-31(28)39-32)38-35(37-33)29-15-8-14-26-25-12-5-4-9-22(25)17-19-27(26)29/h1-21H. The number of rotatable bonds is 3. The third-order valence-corrected chi connectivity index (χ3v) is 10.6. The zero-order valence-electron chi connectivity index (χ0n) is 20.9. The molecule has 39 heavy (non-hydrogen) atoms. The molecular weight excluding hydrogens is 590 g/mol. The van der Waals surface area contributed by atoms with Gasteiger partial charge in [0.15, 0.2) is 0 Å². The molecule has 0 spiro atoms. The van der Waals surface area contributed by atoms with Crippen LogP contribution in [0.3, 0.4) is 0 Å². The monoisotopic (exact) mass is 613 g/mol. The summed E-state index contributed by atoms with van der Waals surface area (Å²) in [6.45, 7) is 0. The van der Waals surface area contributed by atoms with E-state index in [1.165, 1.54) is 33.7 Å². The molecule has 4 heteroatoms. The molecule has 2 aromatic heterocycles. The first-order chi connectivity index (χ1) is 19.3. The number of aromatic nitrogens is 3. The maximum atomic E-state index is 5.10. The van der Waals surface area contributed by atoms with E-state index in [1.54, 1.807) is 0 Å². The predicted octanol–water partition coefficient (Wildman–Crippen LogP) is 8.54. The second-order valence-electron chi connectivity index (χ2n) is 9.67. The van der Waals surface area contributed by atoms with Crippen molar-refractivity contribution < 1.29 is 0 Å². The minimum atomic E-state index is -0.359. The van der Waals surface area contributed by atoms with Gasteiger partial charge in [0.25, 0.3) is 0 Å². The van der Waals surface area contributed by atoms with Gasteiger partial charge in [0.2, 0.25) is 0 Å². The zero-order valence-corrected chi connectivity index (χ0v) is 23.2. The van der Waals surface area contributed by atoms with Crippen LogP contribution in [0.5, 0.6) is 0 Å². The first-order valence-corrected chi connectivity index (χ1v) is 15.3. The van der Waals surface area contributed by atoms with Crippen molar-refractivity contribution in [3.05, 3.63) is 127 Å².